The molecule has 28 heavy (non-hydrogen) atoms. The molecule has 0 unspecified atom stereocenters. The van der Waals surface area contributed by atoms with Gasteiger partial charge in [-0.25, -0.2) is 9.37 Å². The lowest BCUT2D eigenvalue weighted by molar-refractivity contribution is 0.102. The van der Waals surface area contributed by atoms with Crippen molar-refractivity contribution in [3.8, 4) is 27.8 Å². The molecule has 8 heteroatoms. The number of carbonyl (C=O) groups excluding carboxylic acids is 1. The second-order valence-electron chi connectivity index (χ2n) is 6.05. The van der Waals surface area contributed by atoms with E-state index >= 15 is 0 Å². The summed E-state index contributed by atoms with van der Waals surface area (Å²) in [6, 6.07) is 9.73. The third-order valence-corrected chi connectivity index (χ3v) is 5.21. The van der Waals surface area contributed by atoms with Crippen molar-refractivity contribution in [3.05, 3.63) is 52.8 Å². The highest BCUT2D eigenvalue weighted by Crippen LogP contribution is 2.37. The molecule has 2 heterocycles. The average molecular weight is 400 g/mol. The maximum Gasteiger partial charge on any atom is 0.275 e. The summed E-state index contributed by atoms with van der Waals surface area (Å²) in [6.45, 7) is 2.73. The Morgan fingerprint density at radius 2 is 2.00 bits per heavy atom. The van der Waals surface area contributed by atoms with Gasteiger partial charge in [-0.05, 0) is 31.2 Å². The smallest absolute Gasteiger partial charge is 0.275 e. The van der Waals surface area contributed by atoms with Gasteiger partial charge in [0.2, 0.25) is 0 Å². The Kier molecular flexibility index (Phi) is 4.87. The minimum atomic E-state index is -0.452. The zero-order valence-electron chi connectivity index (χ0n) is 15.2. The lowest BCUT2D eigenvalue weighted by Crippen LogP contribution is -2.17. The fourth-order valence-corrected chi connectivity index (χ4v) is 3.87. The SMILES string of the molecule is COc1cccc(F)c1-c1nc(C(=O)Nc2ccc3c(c2)OCCO3)c(C)s1. The third kappa shape index (κ3) is 3.38. The van der Waals surface area contributed by atoms with Crippen molar-refractivity contribution in [3.63, 3.8) is 0 Å². The molecule has 1 aromatic heterocycles. The number of nitrogens with zero attached hydrogens (tertiary/aromatic N) is 1. The Labute approximate surface area is 164 Å². The van der Waals surface area contributed by atoms with Crippen molar-refractivity contribution in [2.24, 2.45) is 0 Å². The predicted octanol–water partition coefficient (Wildman–Crippen LogP) is 4.29. The molecule has 0 saturated heterocycles. The summed E-state index contributed by atoms with van der Waals surface area (Å²) >= 11 is 1.24. The van der Waals surface area contributed by atoms with E-state index in [1.807, 2.05) is 0 Å². The van der Waals surface area contributed by atoms with E-state index in [4.69, 9.17) is 14.2 Å². The van der Waals surface area contributed by atoms with E-state index in [0.717, 1.165) is 0 Å². The Hall–Kier alpha value is -3.13. The first-order valence-electron chi connectivity index (χ1n) is 8.58. The van der Waals surface area contributed by atoms with E-state index in [9.17, 15) is 9.18 Å². The number of benzene rings is 2. The van der Waals surface area contributed by atoms with Gasteiger partial charge in [-0.15, -0.1) is 11.3 Å². The van der Waals surface area contributed by atoms with Crippen molar-refractivity contribution in [2.75, 3.05) is 25.6 Å². The van der Waals surface area contributed by atoms with E-state index < -0.39 is 5.82 Å². The molecule has 1 aliphatic heterocycles. The van der Waals surface area contributed by atoms with Crippen LogP contribution in [0.3, 0.4) is 0 Å². The van der Waals surface area contributed by atoms with Crippen molar-refractivity contribution in [2.45, 2.75) is 6.92 Å². The maximum atomic E-state index is 14.3. The van der Waals surface area contributed by atoms with Gasteiger partial charge in [0, 0.05) is 16.6 Å². The fraction of sp³-hybridized carbons (Fsp3) is 0.200. The maximum absolute atomic E-state index is 14.3. The second kappa shape index (κ2) is 7.47. The monoisotopic (exact) mass is 400 g/mol. The molecule has 0 radical (unpaired) electrons. The van der Waals surface area contributed by atoms with Crippen LogP contribution in [0.4, 0.5) is 10.1 Å². The summed E-state index contributed by atoms with van der Waals surface area (Å²) in [5.74, 6) is 0.755. The first-order chi connectivity index (χ1) is 13.6. The van der Waals surface area contributed by atoms with Crippen LogP contribution in [0.25, 0.3) is 10.6 Å². The minimum absolute atomic E-state index is 0.236. The van der Waals surface area contributed by atoms with Gasteiger partial charge < -0.3 is 19.5 Å². The quantitative estimate of drug-likeness (QED) is 0.708. The van der Waals surface area contributed by atoms with Gasteiger partial charge in [0.05, 0.1) is 12.7 Å². The zero-order valence-corrected chi connectivity index (χ0v) is 16.1. The highest BCUT2D eigenvalue weighted by molar-refractivity contribution is 7.15. The van der Waals surface area contributed by atoms with Gasteiger partial charge >= 0.3 is 0 Å². The number of amides is 1. The molecule has 0 spiro atoms. The summed E-state index contributed by atoms with van der Waals surface area (Å²) in [4.78, 5) is 17.8. The summed E-state index contributed by atoms with van der Waals surface area (Å²) in [5.41, 5.74) is 1.04. The highest BCUT2D eigenvalue weighted by atomic mass is 32.1. The van der Waals surface area contributed by atoms with Crippen LogP contribution in [0.2, 0.25) is 0 Å². The van der Waals surface area contributed by atoms with Gasteiger partial charge in [-0.3, -0.25) is 4.79 Å². The van der Waals surface area contributed by atoms with Gasteiger partial charge in [0.25, 0.3) is 5.91 Å². The highest BCUT2D eigenvalue weighted by Gasteiger charge is 2.21. The normalized spacial score (nSPS) is 12.5. The van der Waals surface area contributed by atoms with Gasteiger partial charge in [0.1, 0.15) is 35.5 Å². The van der Waals surface area contributed by atoms with Gasteiger partial charge in [-0.2, -0.15) is 0 Å². The molecule has 144 valence electrons. The largest absolute Gasteiger partial charge is 0.496 e. The number of nitrogens with one attached hydrogen (secondary N) is 1. The van der Waals surface area contributed by atoms with Crippen molar-refractivity contribution < 1.29 is 23.4 Å². The van der Waals surface area contributed by atoms with Crippen LogP contribution in [-0.2, 0) is 0 Å². The number of fused-ring (bicyclic) bond motifs is 1. The molecule has 0 bridgehead atoms. The number of methoxy groups -OCH3 is 1. The van der Waals surface area contributed by atoms with Crippen molar-refractivity contribution in [1.82, 2.24) is 4.98 Å². The predicted molar refractivity (Wildman–Crippen MR) is 104 cm³/mol. The first-order valence-corrected chi connectivity index (χ1v) is 9.40. The van der Waals surface area contributed by atoms with Crippen LogP contribution in [-0.4, -0.2) is 31.2 Å². The number of hydrogen-bond donors (Lipinski definition) is 1. The first kappa shape index (κ1) is 18.2. The number of anilines is 1. The molecule has 2 aromatic carbocycles. The lowest BCUT2D eigenvalue weighted by atomic mass is 10.2. The van der Waals surface area contributed by atoms with Crippen LogP contribution in [0.1, 0.15) is 15.4 Å². The van der Waals surface area contributed by atoms with E-state index in [1.54, 1.807) is 37.3 Å². The fourth-order valence-electron chi connectivity index (χ4n) is 2.91. The molecule has 6 nitrogen and oxygen atoms in total. The molecule has 1 amide bonds. The summed E-state index contributed by atoms with van der Waals surface area (Å²) < 4.78 is 30.6. The molecule has 3 aromatic rings. The number of halogens is 1. The van der Waals surface area contributed by atoms with Gasteiger partial charge in [-0.1, -0.05) is 6.07 Å². The molecule has 0 saturated carbocycles. The molecule has 1 N–H and O–H groups in total. The number of thiazole rings is 1. The van der Waals surface area contributed by atoms with Crippen LogP contribution in [0.15, 0.2) is 36.4 Å². The Morgan fingerprint density at radius 1 is 1.21 bits per heavy atom. The number of carbonyl (C=O) groups is 1. The standard InChI is InChI=1S/C20H17FN2O4S/c1-11-18(23-20(28-11)17-13(21)4-3-5-15(17)25-2)19(24)22-12-6-7-14-16(10-12)27-9-8-26-14/h3-7,10H,8-9H2,1-2H3,(H,22,24). The Bertz CT molecular complexity index is 1050. The second-order valence-corrected chi connectivity index (χ2v) is 7.26. The number of rotatable bonds is 4. The average Bonchev–Trinajstić information content (AvgIpc) is 3.08. The van der Waals surface area contributed by atoms with E-state index in [1.165, 1.54) is 24.5 Å². The lowest BCUT2D eigenvalue weighted by Gasteiger charge is -2.18. The number of aromatic nitrogens is 1. The summed E-state index contributed by atoms with van der Waals surface area (Å²) in [7, 11) is 1.47. The minimum Gasteiger partial charge on any atom is -0.496 e. The van der Waals surface area contributed by atoms with Gasteiger partial charge in [0.15, 0.2) is 11.5 Å². The topological polar surface area (TPSA) is 69.7 Å². The van der Waals surface area contributed by atoms with Crippen molar-refractivity contribution >= 4 is 22.9 Å². The van der Waals surface area contributed by atoms with Crippen LogP contribution < -0.4 is 19.5 Å². The number of hydrogen-bond acceptors (Lipinski definition) is 6. The van der Waals surface area contributed by atoms with E-state index in [2.05, 4.69) is 10.3 Å². The molecular formula is C20H17FN2O4S. The molecule has 0 aliphatic carbocycles. The zero-order chi connectivity index (χ0) is 19.7. The third-order valence-electron chi connectivity index (χ3n) is 4.22. The number of aryl methyl sites for hydroxylation is 1. The van der Waals surface area contributed by atoms with Crippen molar-refractivity contribution in [1.29, 1.82) is 0 Å². The number of ether oxygens (including phenoxy) is 3. The molecule has 0 atom stereocenters. The summed E-state index contributed by atoms with van der Waals surface area (Å²) in [6.07, 6.45) is 0. The summed E-state index contributed by atoms with van der Waals surface area (Å²) in [5, 5.41) is 3.19. The van der Waals surface area contributed by atoms with Crippen LogP contribution in [0.5, 0.6) is 17.2 Å². The molecular weight excluding hydrogens is 383 g/mol. The van der Waals surface area contributed by atoms with E-state index in [-0.39, 0.29) is 17.2 Å². The Balaban J connectivity index is 1.61. The van der Waals surface area contributed by atoms with E-state index in [0.29, 0.717) is 46.0 Å². The van der Waals surface area contributed by atoms with Crippen LogP contribution in [0, 0.1) is 12.7 Å². The molecule has 0 fully saturated rings. The molecule has 1 aliphatic rings. The van der Waals surface area contributed by atoms with Crippen LogP contribution >= 0.6 is 11.3 Å². The molecule has 4 rings (SSSR count). The Morgan fingerprint density at radius 3 is 2.79 bits per heavy atom.